The minimum Gasteiger partial charge on any atom is -0.355 e. The Balaban J connectivity index is 1.65. The maximum absolute atomic E-state index is 12.7. The van der Waals surface area contributed by atoms with Crippen LogP contribution in [-0.4, -0.2) is 31.3 Å². The number of halogens is 1. The summed E-state index contributed by atoms with van der Waals surface area (Å²) in [4.78, 5) is 12.6. The molecule has 2 rings (SSSR count). The van der Waals surface area contributed by atoms with Crippen molar-refractivity contribution in [2.24, 2.45) is 5.92 Å². The summed E-state index contributed by atoms with van der Waals surface area (Å²) in [6, 6.07) is 6.21. The van der Waals surface area contributed by atoms with E-state index in [2.05, 4.69) is 10.6 Å². The average molecular weight is 282 g/mol. The van der Waals surface area contributed by atoms with E-state index < -0.39 is 0 Å². The van der Waals surface area contributed by atoms with Crippen LogP contribution in [0.5, 0.6) is 0 Å². The first-order chi connectivity index (χ1) is 9.24. The number of hydrogen-bond donors (Lipinski definition) is 2. The Hall–Kier alpha value is -1.07. The molecule has 0 spiro atoms. The van der Waals surface area contributed by atoms with E-state index >= 15 is 0 Å². The standard InChI is InChI=1S/C14H19FN2OS/c15-12-3-5-13(6-4-12)19-10-14(18)17-9-11-2-1-7-16-8-11/h3-6,11,16H,1-2,7-10H2,(H,17,18). The maximum Gasteiger partial charge on any atom is 0.230 e. The highest BCUT2D eigenvalue weighted by molar-refractivity contribution is 8.00. The summed E-state index contributed by atoms with van der Waals surface area (Å²) >= 11 is 1.43. The highest BCUT2D eigenvalue weighted by Gasteiger charge is 2.13. The quantitative estimate of drug-likeness (QED) is 0.812. The molecule has 104 valence electrons. The molecule has 1 fully saturated rings. The molecule has 1 heterocycles. The van der Waals surface area contributed by atoms with Gasteiger partial charge in [0.25, 0.3) is 0 Å². The monoisotopic (exact) mass is 282 g/mol. The van der Waals surface area contributed by atoms with Crippen molar-refractivity contribution in [2.75, 3.05) is 25.4 Å². The second-order valence-electron chi connectivity index (χ2n) is 4.76. The average Bonchev–Trinajstić information content (AvgIpc) is 2.45. The molecule has 1 atom stereocenters. The molecule has 0 bridgehead atoms. The van der Waals surface area contributed by atoms with Crippen LogP contribution in [0.3, 0.4) is 0 Å². The fourth-order valence-corrected chi connectivity index (χ4v) is 2.82. The van der Waals surface area contributed by atoms with Gasteiger partial charge in [-0.25, -0.2) is 4.39 Å². The number of nitrogens with one attached hydrogen (secondary N) is 2. The summed E-state index contributed by atoms with van der Waals surface area (Å²) in [5.74, 6) is 0.721. The molecule has 1 aliphatic rings. The van der Waals surface area contributed by atoms with Crippen LogP contribution >= 0.6 is 11.8 Å². The van der Waals surface area contributed by atoms with Gasteiger partial charge in [0.1, 0.15) is 5.82 Å². The zero-order valence-electron chi connectivity index (χ0n) is 10.8. The largest absolute Gasteiger partial charge is 0.355 e. The number of carbonyl (C=O) groups is 1. The van der Waals surface area contributed by atoms with E-state index in [1.165, 1.54) is 36.7 Å². The Morgan fingerprint density at radius 3 is 2.89 bits per heavy atom. The lowest BCUT2D eigenvalue weighted by Gasteiger charge is -2.22. The van der Waals surface area contributed by atoms with Crippen molar-refractivity contribution in [1.82, 2.24) is 10.6 Å². The van der Waals surface area contributed by atoms with Crippen molar-refractivity contribution in [3.8, 4) is 0 Å². The van der Waals surface area contributed by atoms with Gasteiger partial charge < -0.3 is 10.6 Å². The molecule has 0 aliphatic carbocycles. The summed E-state index contributed by atoms with van der Waals surface area (Å²) in [6.45, 7) is 2.83. The fourth-order valence-electron chi connectivity index (χ4n) is 2.09. The SMILES string of the molecule is O=C(CSc1ccc(F)cc1)NCC1CCCNC1. The number of carbonyl (C=O) groups excluding carboxylic acids is 1. The van der Waals surface area contributed by atoms with Crippen LogP contribution in [-0.2, 0) is 4.79 Å². The molecule has 5 heteroatoms. The summed E-state index contributed by atoms with van der Waals surface area (Å²) < 4.78 is 12.7. The van der Waals surface area contributed by atoms with Crippen LogP contribution in [0.15, 0.2) is 29.2 Å². The van der Waals surface area contributed by atoms with E-state index in [1.54, 1.807) is 12.1 Å². The zero-order chi connectivity index (χ0) is 13.5. The van der Waals surface area contributed by atoms with Crippen molar-refractivity contribution in [3.05, 3.63) is 30.1 Å². The molecule has 1 saturated heterocycles. The van der Waals surface area contributed by atoms with Crippen LogP contribution in [0.25, 0.3) is 0 Å². The lowest BCUT2D eigenvalue weighted by atomic mass is 10.00. The molecule has 1 amide bonds. The van der Waals surface area contributed by atoms with Crippen molar-refractivity contribution in [3.63, 3.8) is 0 Å². The Morgan fingerprint density at radius 2 is 2.21 bits per heavy atom. The predicted octanol–water partition coefficient (Wildman–Crippen LogP) is 2.03. The number of amides is 1. The number of benzene rings is 1. The summed E-state index contributed by atoms with van der Waals surface area (Å²) in [5, 5.41) is 6.29. The molecule has 1 aromatic carbocycles. The van der Waals surface area contributed by atoms with E-state index in [0.717, 1.165) is 24.5 Å². The van der Waals surface area contributed by atoms with E-state index in [-0.39, 0.29) is 11.7 Å². The van der Waals surface area contributed by atoms with Gasteiger partial charge in [-0.2, -0.15) is 0 Å². The Labute approximate surface area is 117 Å². The molecular formula is C14H19FN2OS. The van der Waals surface area contributed by atoms with Gasteiger partial charge in [0.2, 0.25) is 5.91 Å². The topological polar surface area (TPSA) is 41.1 Å². The molecule has 2 N–H and O–H groups in total. The molecule has 19 heavy (non-hydrogen) atoms. The normalized spacial score (nSPS) is 19.1. The Bertz CT molecular complexity index is 404. The van der Waals surface area contributed by atoms with Gasteiger partial charge in [0, 0.05) is 11.4 Å². The van der Waals surface area contributed by atoms with E-state index in [0.29, 0.717) is 11.7 Å². The lowest BCUT2D eigenvalue weighted by Crippen LogP contribution is -2.38. The summed E-state index contributed by atoms with van der Waals surface area (Å²) in [6.07, 6.45) is 2.36. The van der Waals surface area contributed by atoms with Gasteiger partial charge in [0.15, 0.2) is 0 Å². The van der Waals surface area contributed by atoms with Crippen LogP contribution in [0.1, 0.15) is 12.8 Å². The molecule has 0 radical (unpaired) electrons. The molecule has 0 saturated carbocycles. The van der Waals surface area contributed by atoms with Gasteiger partial charge in [-0.3, -0.25) is 4.79 Å². The smallest absolute Gasteiger partial charge is 0.230 e. The van der Waals surface area contributed by atoms with Gasteiger partial charge in [0.05, 0.1) is 5.75 Å². The van der Waals surface area contributed by atoms with Crippen molar-refractivity contribution < 1.29 is 9.18 Å². The number of thioether (sulfide) groups is 1. The third-order valence-electron chi connectivity index (χ3n) is 3.17. The minimum atomic E-state index is -0.251. The number of piperidine rings is 1. The minimum absolute atomic E-state index is 0.0416. The molecular weight excluding hydrogens is 263 g/mol. The highest BCUT2D eigenvalue weighted by Crippen LogP contribution is 2.17. The summed E-state index contributed by atoms with van der Waals surface area (Å²) in [7, 11) is 0. The van der Waals surface area contributed by atoms with Gasteiger partial charge in [-0.15, -0.1) is 11.8 Å². The van der Waals surface area contributed by atoms with Crippen LogP contribution < -0.4 is 10.6 Å². The second-order valence-corrected chi connectivity index (χ2v) is 5.81. The van der Waals surface area contributed by atoms with Crippen LogP contribution in [0, 0.1) is 11.7 Å². The molecule has 1 aliphatic heterocycles. The van der Waals surface area contributed by atoms with Crippen molar-refractivity contribution in [1.29, 1.82) is 0 Å². The highest BCUT2D eigenvalue weighted by atomic mass is 32.2. The van der Waals surface area contributed by atoms with Gasteiger partial charge in [-0.05, 0) is 56.1 Å². The molecule has 0 aromatic heterocycles. The first-order valence-electron chi connectivity index (χ1n) is 6.60. The van der Waals surface area contributed by atoms with Crippen molar-refractivity contribution in [2.45, 2.75) is 17.7 Å². The van der Waals surface area contributed by atoms with E-state index in [9.17, 15) is 9.18 Å². The first-order valence-corrected chi connectivity index (χ1v) is 7.58. The van der Waals surface area contributed by atoms with Gasteiger partial charge >= 0.3 is 0 Å². The second kappa shape index (κ2) is 7.50. The maximum atomic E-state index is 12.7. The third kappa shape index (κ3) is 5.20. The molecule has 1 unspecified atom stereocenters. The lowest BCUT2D eigenvalue weighted by molar-refractivity contribution is -0.118. The van der Waals surface area contributed by atoms with Crippen molar-refractivity contribution >= 4 is 17.7 Å². The number of hydrogen-bond acceptors (Lipinski definition) is 3. The zero-order valence-corrected chi connectivity index (χ0v) is 11.6. The number of rotatable bonds is 5. The fraction of sp³-hybridized carbons (Fsp3) is 0.500. The van der Waals surface area contributed by atoms with E-state index in [1.807, 2.05) is 0 Å². The van der Waals surface area contributed by atoms with Crippen LogP contribution in [0.2, 0.25) is 0 Å². The first kappa shape index (κ1) is 14.3. The third-order valence-corrected chi connectivity index (χ3v) is 4.18. The molecule has 3 nitrogen and oxygen atoms in total. The molecule has 1 aromatic rings. The summed E-state index contributed by atoms with van der Waals surface area (Å²) in [5.41, 5.74) is 0. The van der Waals surface area contributed by atoms with Gasteiger partial charge in [-0.1, -0.05) is 0 Å². The predicted molar refractivity (Wildman–Crippen MR) is 75.7 cm³/mol. The van der Waals surface area contributed by atoms with Crippen LogP contribution in [0.4, 0.5) is 4.39 Å². The Morgan fingerprint density at radius 1 is 1.42 bits per heavy atom. The Kier molecular flexibility index (Phi) is 5.66. The van der Waals surface area contributed by atoms with E-state index in [4.69, 9.17) is 0 Å².